The van der Waals surface area contributed by atoms with E-state index in [0.717, 1.165) is 55.2 Å². The Hall–Kier alpha value is -2.33. The molecule has 0 aliphatic rings. The second-order valence-electron chi connectivity index (χ2n) is 9.40. The van der Waals surface area contributed by atoms with E-state index in [4.69, 9.17) is 16.3 Å². The summed E-state index contributed by atoms with van der Waals surface area (Å²) in [6.07, 6.45) is 4.03. The van der Waals surface area contributed by atoms with Gasteiger partial charge in [-0.05, 0) is 93.1 Å². The molecule has 0 heterocycles. The molecular weight excluding hydrogens is 454 g/mol. The van der Waals surface area contributed by atoms with Crippen LogP contribution >= 0.6 is 11.6 Å². The van der Waals surface area contributed by atoms with E-state index < -0.39 is 5.60 Å². The van der Waals surface area contributed by atoms with E-state index in [-0.39, 0.29) is 0 Å². The standard InChI is InChI=1S/C31H40ClNO2/c1-4-33(5-2)23-24-35-30-18-14-28(15-19-30)31(34,22-20-27-12-16-29(32)17-13-27)21-6-7-26-10-8-25(3)9-11-26/h8-19,34H,4-7,20-24H2,1-3H3. The number of hydrogen-bond donors (Lipinski definition) is 1. The molecule has 4 heteroatoms. The van der Waals surface area contributed by atoms with Crippen molar-refractivity contribution < 1.29 is 9.84 Å². The van der Waals surface area contributed by atoms with Gasteiger partial charge in [0.2, 0.25) is 0 Å². The van der Waals surface area contributed by atoms with Crippen LogP contribution in [0, 0.1) is 6.92 Å². The molecule has 0 aromatic heterocycles. The molecule has 0 radical (unpaired) electrons. The largest absolute Gasteiger partial charge is 0.492 e. The lowest BCUT2D eigenvalue weighted by Crippen LogP contribution is -2.28. The number of rotatable bonds is 14. The SMILES string of the molecule is CCN(CC)CCOc1ccc(C(O)(CCCc2ccc(C)cc2)CCc2ccc(Cl)cc2)cc1. The van der Waals surface area contributed by atoms with Crippen molar-refractivity contribution in [3.8, 4) is 5.75 Å². The lowest BCUT2D eigenvalue weighted by molar-refractivity contribution is 0.0167. The van der Waals surface area contributed by atoms with E-state index in [9.17, 15) is 5.11 Å². The number of nitrogens with zero attached hydrogens (tertiary/aromatic N) is 1. The van der Waals surface area contributed by atoms with Crippen molar-refractivity contribution in [2.24, 2.45) is 0 Å². The zero-order valence-electron chi connectivity index (χ0n) is 21.5. The highest BCUT2D eigenvalue weighted by molar-refractivity contribution is 6.30. The van der Waals surface area contributed by atoms with Crippen LogP contribution in [0.4, 0.5) is 0 Å². The first kappa shape index (κ1) is 27.3. The second kappa shape index (κ2) is 13.7. The number of halogens is 1. The molecule has 0 saturated heterocycles. The van der Waals surface area contributed by atoms with Gasteiger partial charge >= 0.3 is 0 Å². The van der Waals surface area contributed by atoms with Crippen LogP contribution in [-0.4, -0.2) is 36.2 Å². The first-order chi connectivity index (χ1) is 16.9. The minimum Gasteiger partial charge on any atom is -0.492 e. The van der Waals surface area contributed by atoms with E-state index in [2.05, 4.69) is 49.9 Å². The van der Waals surface area contributed by atoms with Crippen molar-refractivity contribution in [1.29, 1.82) is 0 Å². The fraction of sp³-hybridized carbons (Fsp3) is 0.419. The van der Waals surface area contributed by atoms with Crippen LogP contribution in [0.3, 0.4) is 0 Å². The molecular formula is C31H40ClNO2. The Morgan fingerprint density at radius 1 is 0.800 bits per heavy atom. The summed E-state index contributed by atoms with van der Waals surface area (Å²) in [7, 11) is 0. The molecule has 3 rings (SSSR count). The van der Waals surface area contributed by atoms with Gasteiger partial charge in [-0.3, -0.25) is 0 Å². The van der Waals surface area contributed by atoms with Gasteiger partial charge in [-0.1, -0.05) is 79.5 Å². The fourth-order valence-corrected chi connectivity index (χ4v) is 4.58. The molecule has 0 aliphatic carbocycles. The Labute approximate surface area is 216 Å². The molecule has 0 saturated carbocycles. The van der Waals surface area contributed by atoms with Gasteiger partial charge in [-0.25, -0.2) is 0 Å². The molecule has 35 heavy (non-hydrogen) atoms. The molecule has 0 bridgehead atoms. The quantitative estimate of drug-likeness (QED) is 0.257. The molecule has 188 valence electrons. The maximum atomic E-state index is 11.9. The van der Waals surface area contributed by atoms with Crippen molar-refractivity contribution in [3.63, 3.8) is 0 Å². The van der Waals surface area contributed by atoms with Gasteiger partial charge < -0.3 is 14.7 Å². The third-order valence-corrected chi connectivity index (χ3v) is 7.13. The summed E-state index contributed by atoms with van der Waals surface area (Å²) in [5.41, 5.74) is 3.82. The molecule has 1 unspecified atom stereocenters. The molecule has 3 aromatic carbocycles. The average Bonchev–Trinajstić information content (AvgIpc) is 2.88. The summed E-state index contributed by atoms with van der Waals surface area (Å²) in [5, 5.41) is 12.6. The molecule has 3 aromatic rings. The number of aryl methyl sites for hydroxylation is 3. The Kier molecular flexibility index (Phi) is 10.7. The van der Waals surface area contributed by atoms with Crippen molar-refractivity contribution in [1.82, 2.24) is 4.90 Å². The zero-order chi connectivity index (χ0) is 25.1. The van der Waals surface area contributed by atoms with Crippen molar-refractivity contribution >= 4 is 11.6 Å². The first-order valence-electron chi connectivity index (χ1n) is 12.9. The van der Waals surface area contributed by atoms with Crippen LogP contribution in [0.2, 0.25) is 5.02 Å². The summed E-state index contributed by atoms with van der Waals surface area (Å²) >= 11 is 6.05. The predicted octanol–water partition coefficient (Wildman–Crippen LogP) is 7.21. The molecule has 0 fully saturated rings. The highest BCUT2D eigenvalue weighted by Gasteiger charge is 2.28. The second-order valence-corrected chi connectivity index (χ2v) is 9.83. The lowest BCUT2D eigenvalue weighted by atomic mass is 9.83. The Morgan fingerprint density at radius 3 is 2.03 bits per heavy atom. The van der Waals surface area contributed by atoms with Gasteiger partial charge in [0.15, 0.2) is 0 Å². The Balaban J connectivity index is 1.66. The third-order valence-electron chi connectivity index (χ3n) is 6.88. The van der Waals surface area contributed by atoms with Gasteiger partial charge in [0.05, 0.1) is 5.60 Å². The molecule has 0 amide bonds. The predicted molar refractivity (Wildman–Crippen MR) is 148 cm³/mol. The minimum atomic E-state index is -0.899. The number of benzene rings is 3. The molecule has 1 N–H and O–H groups in total. The fourth-order valence-electron chi connectivity index (χ4n) is 4.45. The maximum Gasteiger partial charge on any atom is 0.119 e. The molecule has 0 aliphatic heterocycles. The highest BCUT2D eigenvalue weighted by atomic mass is 35.5. The smallest absolute Gasteiger partial charge is 0.119 e. The van der Waals surface area contributed by atoms with Crippen LogP contribution in [0.1, 0.15) is 55.4 Å². The number of aliphatic hydroxyl groups is 1. The number of likely N-dealkylation sites (N-methyl/N-ethyl adjacent to an activating group) is 1. The van der Waals surface area contributed by atoms with Crippen LogP contribution in [0.15, 0.2) is 72.8 Å². The summed E-state index contributed by atoms with van der Waals surface area (Å²) in [4.78, 5) is 2.35. The van der Waals surface area contributed by atoms with Gasteiger partial charge in [0, 0.05) is 11.6 Å². The number of ether oxygens (including phenoxy) is 1. The monoisotopic (exact) mass is 493 g/mol. The van der Waals surface area contributed by atoms with E-state index in [1.54, 1.807) is 0 Å². The van der Waals surface area contributed by atoms with E-state index >= 15 is 0 Å². The zero-order valence-corrected chi connectivity index (χ0v) is 22.2. The summed E-state index contributed by atoms with van der Waals surface area (Å²) < 4.78 is 5.96. The van der Waals surface area contributed by atoms with Crippen LogP contribution in [0.25, 0.3) is 0 Å². The molecule has 1 atom stereocenters. The first-order valence-corrected chi connectivity index (χ1v) is 13.3. The van der Waals surface area contributed by atoms with Gasteiger partial charge in [0.25, 0.3) is 0 Å². The van der Waals surface area contributed by atoms with Gasteiger partial charge in [0.1, 0.15) is 12.4 Å². The van der Waals surface area contributed by atoms with Crippen LogP contribution in [0.5, 0.6) is 5.75 Å². The lowest BCUT2D eigenvalue weighted by Gasteiger charge is -2.29. The summed E-state index contributed by atoms with van der Waals surface area (Å²) in [6, 6.07) is 24.6. The van der Waals surface area contributed by atoms with Crippen LogP contribution in [-0.2, 0) is 18.4 Å². The van der Waals surface area contributed by atoms with Gasteiger partial charge in [-0.2, -0.15) is 0 Å². The minimum absolute atomic E-state index is 0.657. The van der Waals surface area contributed by atoms with Gasteiger partial charge in [-0.15, -0.1) is 0 Å². The van der Waals surface area contributed by atoms with E-state index in [1.165, 1.54) is 16.7 Å². The summed E-state index contributed by atoms with van der Waals surface area (Å²) in [5.74, 6) is 0.848. The highest BCUT2D eigenvalue weighted by Crippen LogP contribution is 2.33. The molecule has 0 spiro atoms. The maximum absolute atomic E-state index is 11.9. The van der Waals surface area contributed by atoms with E-state index in [0.29, 0.717) is 19.4 Å². The van der Waals surface area contributed by atoms with Crippen LogP contribution < -0.4 is 4.74 Å². The van der Waals surface area contributed by atoms with Crippen molar-refractivity contribution in [3.05, 3.63) is 100 Å². The van der Waals surface area contributed by atoms with Crippen molar-refractivity contribution in [2.75, 3.05) is 26.2 Å². The number of hydrogen-bond acceptors (Lipinski definition) is 3. The average molecular weight is 494 g/mol. The normalized spacial score (nSPS) is 13.1. The Morgan fingerprint density at radius 2 is 1.40 bits per heavy atom. The topological polar surface area (TPSA) is 32.7 Å². The third kappa shape index (κ3) is 8.68. The Bertz CT molecular complexity index is 998. The summed E-state index contributed by atoms with van der Waals surface area (Å²) in [6.45, 7) is 10.1. The van der Waals surface area contributed by atoms with E-state index in [1.807, 2.05) is 48.5 Å². The van der Waals surface area contributed by atoms with Crippen molar-refractivity contribution in [2.45, 2.75) is 58.5 Å². The molecule has 3 nitrogen and oxygen atoms in total.